The fourth-order valence-electron chi connectivity index (χ4n) is 3.60. The lowest BCUT2D eigenvalue weighted by atomic mass is 9.89. The number of fused-ring (bicyclic) bond motifs is 2. The van der Waals surface area contributed by atoms with E-state index in [1.165, 1.54) is 11.3 Å². The summed E-state index contributed by atoms with van der Waals surface area (Å²) in [7, 11) is 0. The average Bonchev–Trinajstić information content (AvgIpc) is 3.12. The molecule has 2 aliphatic rings. The van der Waals surface area contributed by atoms with Crippen molar-refractivity contribution in [3.05, 3.63) is 32.6 Å². The Hall–Kier alpha value is -1.48. The van der Waals surface area contributed by atoms with Gasteiger partial charge in [0.25, 0.3) is 5.56 Å². The minimum absolute atomic E-state index is 0.203. The van der Waals surface area contributed by atoms with Gasteiger partial charge in [-0.2, -0.15) is 0 Å². The first-order valence-electron chi connectivity index (χ1n) is 7.56. The first kappa shape index (κ1) is 15.1. The molecule has 2 aromatic rings. The fraction of sp³-hybridized carbons (Fsp3) is 0.500. The number of hydrogen-bond acceptors (Lipinski definition) is 7. The number of halogens is 1. The van der Waals surface area contributed by atoms with Crippen LogP contribution in [-0.2, 0) is 5.66 Å². The lowest BCUT2D eigenvalue weighted by Gasteiger charge is -2.35. The van der Waals surface area contributed by atoms with Crippen LogP contribution in [0.2, 0.25) is 5.02 Å². The molecule has 0 aromatic carbocycles. The number of hydrogen-bond donors (Lipinski definition) is 3. The molecule has 0 radical (unpaired) electrons. The van der Waals surface area contributed by atoms with E-state index in [2.05, 4.69) is 20.8 Å². The molecule has 1 saturated carbocycles. The third-order valence-corrected chi connectivity index (χ3v) is 5.47. The molecule has 2 aromatic heterocycles. The van der Waals surface area contributed by atoms with Crippen LogP contribution in [0.4, 0.5) is 10.8 Å². The van der Waals surface area contributed by atoms with Crippen molar-refractivity contribution < 1.29 is 5.11 Å². The second kappa shape index (κ2) is 5.55. The van der Waals surface area contributed by atoms with E-state index in [0.717, 1.165) is 32.1 Å². The Balaban J connectivity index is 1.86. The molecule has 9 heteroatoms. The molecule has 1 atom stereocenters. The minimum atomic E-state index is -0.927. The number of rotatable bonds is 2. The zero-order valence-electron chi connectivity index (χ0n) is 12.3. The Bertz CT molecular complexity index is 785. The number of anilines is 2. The zero-order valence-corrected chi connectivity index (χ0v) is 13.8. The van der Waals surface area contributed by atoms with Crippen LogP contribution in [0, 0.1) is 0 Å². The highest BCUT2D eigenvalue weighted by atomic mass is 35.5. The van der Waals surface area contributed by atoms with Crippen LogP contribution in [0.5, 0.6) is 0 Å². The Morgan fingerprint density at radius 1 is 1.43 bits per heavy atom. The number of pyridine rings is 1. The second-order valence-corrected chi connectivity index (χ2v) is 7.18. The summed E-state index contributed by atoms with van der Waals surface area (Å²) in [5.41, 5.74) is 1.62. The monoisotopic (exact) mass is 353 g/mol. The largest absolute Gasteiger partial charge is 0.373 e. The van der Waals surface area contributed by atoms with E-state index >= 15 is 0 Å². The lowest BCUT2D eigenvalue weighted by Crippen LogP contribution is -2.48. The highest BCUT2D eigenvalue weighted by Crippen LogP contribution is 2.42. The molecule has 0 amide bonds. The van der Waals surface area contributed by atoms with Crippen LogP contribution in [0.15, 0.2) is 16.4 Å². The van der Waals surface area contributed by atoms with Crippen LogP contribution in [0.1, 0.15) is 44.0 Å². The van der Waals surface area contributed by atoms with Crippen molar-refractivity contribution >= 4 is 33.8 Å². The molecule has 122 valence electrons. The molecule has 23 heavy (non-hydrogen) atoms. The summed E-state index contributed by atoms with van der Waals surface area (Å²) in [6, 6.07) is 1.55. The summed E-state index contributed by atoms with van der Waals surface area (Å²) in [6.07, 6.45) is 3.84. The van der Waals surface area contributed by atoms with Crippen LogP contribution < -0.4 is 16.2 Å². The first-order chi connectivity index (χ1) is 11.1. The SMILES string of the molecule is O=c1c(Nc2nncs2)cc(Cl)c2n1C1(CCCCC1)NC2O. The summed E-state index contributed by atoms with van der Waals surface area (Å²) >= 11 is 7.66. The van der Waals surface area contributed by atoms with Crippen molar-refractivity contribution in [2.75, 3.05) is 5.32 Å². The normalized spacial score (nSPS) is 22.3. The number of nitrogens with zero attached hydrogens (tertiary/aromatic N) is 3. The van der Waals surface area contributed by atoms with Crippen LogP contribution >= 0.6 is 22.9 Å². The van der Waals surface area contributed by atoms with E-state index in [4.69, 9.17) is 11.6 Å². The standard InChI is InChI=1S/C14H16ClN5O2S/c15-8-6-9(17-13-19-16-7-23-13)12(22)20-10(8)11(21)18-14(20)4-2-1-3-5-14/h6-7,11,18,21H,1-5H2,(H,17,19). The summed E-state index contributed by atoms with van der Waals surface area (Å²) in [5, 5.41) is 25.1. The van der Waals surface area contributed by atoms with Crippen LogP contribution in [-0.4, -0.2) is 19.9 Å². The van der Waals surface area contributed by atoms with Crippen molar-refractivity contribution in [2.45, 2.75) is 44.0 Å². The Morgan fingerprint density at radius 3 is 2.91 bits per heavy atom. The van der Waals surface area contributed by atoms with Crippen molar-refractivity contribution in [2.24, 2.45) is 0 Å². The lowest BCUT2D eigenvalue weighted by molar-refractivity contribution is 0.0787. The summed E-state index contributed by atoms with van der Waals surface area (Å²) in [5.74, 6) is 0. The number of aromatic nitrogens is 3. The quantitative estimate of drug-likeness (QED) is 0.767. The molecule has 1 fully saturated rings. The average molecular weight is 354 g/mol. The predicted octanol–water partition coefficient (Wildman–Crippen LogP) is 2.31. The Morgan fingerprint density at radius 2 is 2.22 bits per heavy atom. The summed E-state index contributed by atoms with van der Waals surface area (Å²) < 4.78 is 1.64. The molecule has 3 N–H and O–H groups in total. The van der Waals surface area contributed by atoms with Gasteiger partial charge in [0.05, 0.1) is 10.7 Å². The number of aliphatic hydroxyl groups excluding tert-OH is 1. The van der Waals surface area contributed by atoms with E-state index in [-0.39, 0.29) is 5.56 Å². The third-order valence-electron chi connectivity index (χ3n) is 4.56. The molecule has 0 saturated heterocycles. The zero-order chi connectivity index (χ0) is 16.0. The van der Waals surface area contributed by atoms with Gasteiger partial charge in [-0.25, -0.2) is 0 Å². The molecule has 1 aliphatic heterocycles. The number of aliphatic hydroxyl groups is 1. The highest BCUT2D eigenvalue weighted by molar-refractivity contribution is 7.13. The molecular weight excluding hydrogens is 338 g/mol. The first-order valence-corrected chi connectivity index (χ1v) is 8.81. The molecule has 4 rings (SSSR count). The molecule has 7 nitrogen and oxygen atoms in total. The predicted molar refractivity (Wildman–Crippen MR) is 88.1 cm³/mol. The van der Waals surface area contributed by atoms with Gasteiger partial charge < -0.3 is 10.4 Å². The fourth-order valence-corrected chi connectivity index (χ4v) is 4.36. The molecule has 3 heterocycles. The van der Waals surface area contributed by atoms with E-state index in [0.29, 0.717) is 21.5 Å². The van der Waals surface area contributed by atoms with Gasteiger partial charge >= 0.3 is 0 Å². The van der Waals surface area contributed by atoms with Gasteiger partial charge in [-0.3, -0.25) is 14.7 Å². The van der Waals surface area contributed by atoms with Crippen molar-refractivity contribution in [1.82, 2.24) is 20.1 Å². The Labute approximate surface area is 141 Å². The summed E-state index contributed by atoms with van der Waals surface area (Å²) in [4.78, 5) is 13.0. The molecular formula is C14H16ClN5O2S. The molecule has 0 bridgehead atoms. The third kappa shape index (κ3) is 2.37. The van der Waals surface area contributed by atoms with E-state index in [9.17, 15) is 9.90 Å². The Kier molecular flexibility index (Phi) is 3.64. The molecule has 1 aliphatic carbocycles. The van der Waals surface area contributed by atoms with Crippen LogP contribution in [0.3, 0.4) is 0 Å². The maximum atomic E-state index is 13.0. The molecule has 1 unspecified atom stereocenters. The smallest absolute Gasteiger partial charge is 0.276 e. The van der Waals surface area contributed by atoms with Crippen molar-refractivity contribution in [3.63, 3.8) is 0 Å². The highest BCUT2D eigenvalue weighted by Gasteiger charge is 2.45. The maximum absolute atomic E-state index is 13.0. The van der Waals surface area contributed by atoms with Gasteiger partial charge in [-0.1, -0.05) is 29.4 Å². The van der Waals surface area contributed by atoms with Gasteiger partial charge in [-0.15, -0.1) is 10.2 Å². The van der Waals surface area contributed by atoms with Gasteiger partial charge in [0, 0.05) is 0 Å². The maximum Gasteiger partial charge on any atom is 0.276 e. The number of nitrogens with one attached hydrogen (secondary N) is 2. The second-order valence-electron chi connectivity index (χ2n) is 5.94. The van der Waals surface area contributed by atoms with E-state index < -0.39 is 11.9 Å². The van der Waals surface area contributed by atoms with Crippen molar-refractivity contribution in [3.8, 4) is 0 Å². The summed E-state index contributed by atoms with van der Waals surface area (Å²) in [6.45, 7) is 0. The van der Waals surface area contributed by atoms with Gasteiger partial charge in [0.2, 0.25) is 5.13 Å². The van der Waals surface area contributed by atoms with Gasteiger partial charge in [-0.05, 0) is 31.7 Å². The molecule has 1 spiro atoms. The van der Waals surface area contributed by atoms with Gasteiger partial charge in [0.15, 0.2) is 0 Å². The van der Waals surface area contributed by atoms with E-state index in [1.54, 1.807) is 16.1 Å². The minimum Gasteiger partial charge on any atom is -0.373 e. The van der Waals surface area contributed by atoms with E-state index in [1.807, 2.05) is 0 Å². The van der Waals surface area contributed by atoms with Crippen LogP contribution in [0.25, 0.3) is 0 Å². The van der Waals surface area contributed by atoms with Gasteiger partial charge in [0.1, 0.15) is 23.1 Å². The topological polar surface area (TPSA) is 92.1 Å². The van der Waals surface area contributed by atoms with Crippen molar-refractivity contribution in [1.29, 1.82) is 0 Å².